The molecule has 0 aliphatic carbocycles. The second-order valence-corrected chi connectivity index (χ2v) is 6.84. The first-order valence-corrected chi connectivity index (χ1v) is 9.87. The van der Waals surface area contributed by atoms with Crippen molar-refractivity contribution in [1.29, 1.82) is 0 Å². The van der Waals surface area contributed by atoms with Crippen molar-refractivity contribution in [2.45, 2.75) is 77.6 Å². The molecule has 0 radical (unpaired) electrons. The third kappa shape index (κ3) is 13.6. The number of hydrogen-bond donors (Lipinski definition) is 3. The van der Waals surface area contributed by atoms with Crippen molar-refractivity contribution >= 4 is 5.97 Å². The van der Waals surface area contributed by atoms with E-state index in [1.54, 1.807) is 0 Å². The van der Waals surface area contributed by atoms with Gasteiger partial charge in [0.2, 0.25) is 0 Å². The van der Waals surface area contributed by atoms with Crippen LogP contribution in [0.4, 0.5) is 0 Å². The highest BCUT2D eigenvalue weighted by molar-refractivity contribution is 5.66. The minimum absolute atomic E-state index is 0.253. The Hall–Kier alpha value is -0.870. The lowest BCUT2D eigenvalue weighted by molar-refractivity contribution is -0.137. The Morgan fingerprint density at radius 1 is 1.04 bits per heavy atom. The van der Waals surface area contributed by atoms with E-state index < -0.39 is 5.97 Å². The predicted octanol–water partition coefficient (Wildman–Crippen LogP) is 4.35. The molecule has 0 rings (SSSR count). The van der Waals surface area contributed by atoms with E-state index in [9.17, 15) is 4.79 Å². The van der Waals surface area contributed by atoms with Crippen molar-refractivity contribution in [1.82, 2.24) is 5.32 Å². The molecule has 0 aliphatic rings. The third-order valence-electron chi connectivity index (χ3n) is 4.74. The molecule has 0 bridgehead atoms. The van der Waals surface area contributed by atoms with Gasteiger partial charge in [0.1, 0.15) is 0 Å². The van der Waals surface area contributed by atoms with Gasteiger partial charge in [-0.15, -0.1) is 0 Å². The lowest BCUT2D eigenvalue weighted by Crippen LogP contribution is -2.28. The molecule has 2 unspecified atom stereocenters. The first-order valence-electron chi connectivity index (χ1n) is 9.87. The van der Waals surface area contributed by atoms with E-state index in [0.29, 0.717) is 18.4 Å². The summed E-state index contributed by atoms with van der Waals surface area (Å²) in [5.41, 5.74) is 5.74. The Morgan fingerprint density at radius 3 is 2.33 bits per heavy atom. The largest absolute Gasteiger partial charge is 0.481 e. The third-order valence-corrected chi connectivity index (χ3v) is 4.74. The van der Waals surface area contributed by atoms with Crippen LogP contribution in [0.25, 0.3) is 0 Å². The molecule has 0 heterocycles. The van der Waals surface area contributed by atoms with E-state index in [-0.39, 0.29) is 6.42 Å². The average Bonchev–Trinajstić information content (AvgIpc) is 2.56. The Bertz CT molecular complexity index is 319. The summed E-state index contributed by atoms with van der Waals surface area (Å²) in [7, 11) is 1.97. The van der Waals surface area contributed by atoms with E-state index >= 15 is 0 Å². The smallest absolute Gasteiger partial charge is 0.303 e. The van der Waals surface area contributed by atoms with Crippen molar-refractivity contribution in [2.24, 2.45) is 17.6 Å². The van der Waals surface area contributed by atoms with Gasteiger partial charge in [-0.05, 0) is 76.9 Å². The molecule has 0 aliphatic heterocycles. The molecule has 0 fully saturated rings. The number of unbranched alkanes of at least 4 members (excludes halogenated alkanes) is 5. The highest BCUT2D eigenvalue weighted by Gasteiger charge is 2.20. The van der Waals surface area contributed by atoms with Crippen LogP contribution < -0.4 is 11.1 Å². The number of hydrogen-bond acceptors (Lipinski definition) is 3. The lowest BCUT2D eigenvalue weighted by atomic mass is 9.82. The van der Waals surface area contributed by atoms with E-state index in [0.717, 1.165) is 32.2 Å². The summed E-state index contributed by atoms with van der Waals surface area (Å²) >= 11 is 0. The van der Waals surface area contributed by atoms with Crippen molar-refractivity contribution in [3.63, 3.8) is 0 Å². The lowest BCUT2D eigenvalue weighted by Gasteiger charge is -2.26. The molecule has 4 nitrogen and oxygen atoms in total. The van der Waals surface area contributed by atoms with Gasteiger partial charge >= 0.3 is 5.97 Å². The summed E-state index contributed by atoms with van der Waals surface area (Å²) in [6.07, 6.45) is 16.5. The van der Waals surface area contributed by atoms with Gasteiger partial charge in [0, 0.05) is 6.42 Å². The Kier molecular flexibility index (Phi) is 16.4. The summed E-state index contributed by atoms with van der Waals surface area (Å²) in [5.74, 6) is 0.235. The molecule has 0 saturated carbocycles. The highest BCUT2D eigenvalue weighted by atomic mass is 16.4. The van der Waals surface area contributed by atoms with Crippen molar-refractivity contribution in [3.8, 4) is 0 Å². The normalized spacial score (nSPS) is 14.1. The first-order chi connectivity index (χ1) is 11.7. The molecule has 0 amide bonds. The molecule has 2 atom stereocenters. The maximum Gasteiger partial charge on any atom is 0.303 e. The summed E-state index contributed by atoms with van der Waals surface area (Å²) in [5, 5.41) is 12.2. The van der Waals surface area contributed by atoms with Crippen LogP contribution in [-0.2, 0) is 4.79 Å². The molecular formula is C20H40N2O2. The second-order valence-electron chi connectivity index (χ2n) is 6.84. The first kappa shape index (κ1) is 23.1. The van der Waals surface area contributed by atoms with Crippen LogP contribution in [0.5, 0.6) is 0 Å². The number of nitrogens with one attached hydrogen (secondary N) is 1. The van der Waals surface area contributed by atoms with Crippen molar-refractivity contribution in [3.05, 3.63) is 12.2 Å². The average molecular weight is 341 g/mol. The molecule has 0 aromatic carbocycles. The number of rotatable bonds is 17. The molecule has 0 aromatic heterocycles. The molecule has 4 N–H and O–H groups in total. The molecule has 4 heteroatoms. The number of carboxylic acid groups (broad SMARTS) is 1. The zero-order valence-electron chi connectivity index (χ0n) is 15.9. The standard InChI is InChI=1S/C20H40N2O2/c1-3-4-5-6-7-8-9-10-11-12-19(17-22-2)18(15-16-21)13-14-20(23)24/h8-9,18-19,22H,3-7,10-17,21H2,1-2H3,(H,23,24). The van der Waals surface area contributed by atoms with Gasteiger partial charge in [0.25, 0.3) is 0 Å². The molecule has 0 spiro atoms. The summed E-state index contributed by atoms with van der Waals surface area (Å²) in [6.45, 7) is 3.83. The maximum absolute atomic E-state index is 10.9. The minimum atomic E-state index is -0.703. The van der Waals surface area contributed by atoms with E-state index in [2.05, 4.69) is 24.4 Å². The summed E-state index contributed by atoms with van der Waals surface area (Å²) in [6, 6.07) is 0. The maximum atomic E-state index is 10.9. The zero-order chi connectivity index (χ0) is 18.0. The minimum Gasteiger partial charge on any atom is -0.481 e. The van der Waals surface area contributed by atoms with Gasteiger partial charge in [-0.25, -0.2) is 0 Å². The van der Waals surface area contributed by atoms with Crippen LogP contribution in [0.2, 0.25) is 0 Å². The van der Waals surface area contributed by atoms with Gasteiger partial charge in [0.15, 0.2) is 0 Å². The number of nitrogens with two attached hydrogens (primary N) is 1. The van der Waals surface area contributed by atoms with Gasteiger partial charge < -0.3 is 16.2 Å². The van der Waals surface area contributed by atoms with E-state index in [4.69, 9.17) is 10.8 Å². The fraction of sp³-hybridized carbons (Fsp3) is 0.850. The van der Waals surface area contributed by atoms with Crippen LogP contribution in [0.3, 0.4) is 0 Å². The number of allylic oxidation sites excluding steroid dienone is 2. The van der Waals surface area contributed by atoms with Gasteiger partial charge in [0.05, 0.1) is 0 Å². The monoisotopic (exact) mass is 340 g/mol. The fourth-order valence-electron chi connectivity index (χ4n) is 3.33. The Labute approximate surface area is 149 Å². The van der Waals surface area contributed by atoms with Crippen LogP contribution >= 0.6 is 0 Å². The van der Waals surface area contributed by atoms with Gasteiger partial charge in [-0.2, -0.15) is 0 Å². The Morgan fingerprint density at radius 2 is 1.75 bits per heavy atom. The summed E-state index contributed by atoms with van der Waals surface area (Å²) < 4.78 is 0. The zero-order valence-corrected chi connectivity index (χ0v) is 15.9. The van der Waals surface area contributed by atoms with E-state index in [1.807, 2.05) is 7.05 Å². The molecule has 0 aromatic rings. The van der Waals surface area contributed by atoms with E-state index in [1.165, 1.54) is 38.5 Å². The van der Waals surface area contributed by atoms with Crippen molar-refractivity contribution in [2.75, 3.05) is 20.1 Å². The molecule has 142 valence electrons. The number of carbonyl (C=O) groups is 1. The van der Waals surface area contributed by atoms with Crippen LogP contribution in [0.15, 0.2) is 12.2 Å². The SMILES string of the molecule is CCCCCCC=CCCCC(CNC)C(CCN)CCC(=O)O. The van der Waals surface area contributed by atoms with Crippen LogP contribution in [0.1, 0.15) is 77.6 Å². The van der Waals surface area contributed by atoms with Gasteiger partial charge in [-0.1, -0.05) is 38.3 Å². The van der Waals surface area contributed by atoms with Gasteiger partial charge in [-0.3, -0.25) is 4.79 Å². The molecule has 24 heavy (non-hydrogen) atoms. The molecular weight excluding hydrogens is 300 g/mol. The Balaban J connectivity index is 4.10. The molecule has 0 saturated heterocycles. The fourth-order valence-corrected chi connectivity index (χ4v) is 3.33. The number of aliphatic carboxylic acids is 1. The van der Waals surface area contributed by atoms with Crippen molar-refractivity contribution < 1.29 is 9.90 Å². The topological polar surface area (TPSA) is 75.3 Å². The predicted molar refractivity (Wildman–Crippen MR) is 103 cm³/mol. The second kappa shape index (κ2) is 17.0. The quantitative estimate of drug-likeness (QED) is 0.272. The van der Waals surface area contributed by atoms with Crippen LogP contribution in [-0.4, -0.2) is 31.2 Å². The van der Waals surface area contributed by atoms with Crippen LogP contribution in [0, 0.1) is 11.8 Å². The number of carboxylic acids is 1. The highest BCUT2D eigenvalue weighted by Crippen LogP contribution is 2.25. The summed E-state index contributed by atoms with van der Waals surface area (Å²) in [4.78, 5) is 10.9.